The number of furan rings is 1. The van der Waals surface area contributed by atoms with Gasteiger partial charge in [0, 0.05) is 18.3 Å². The van der Waals surface area contributed by atoms with Gasteiger partial charge in [0.1, 0.15) is 11.6 Å². The maximum atomic E-state index is 5.32. The molecule has 0 aliphatic rings. The van der Waals surface area contributed by atoms with Crippen LogP contribution in [0.25, 0.3) is 11.3 Å². The smallest absolute Gasteiger partial charge is 0.134 e. The van der Waals surface area contributed by atoms with Crippen molar-refractivity contribution in [3.05, 3.63) is 36.2 Å². The summed E-state index contributed by atoms with van der Waals surface area (Å²) >= 11 is 0. The van der Waals surface area contributed by atoms with Crippen molar-refractivity contribution in [2.45, 2.75) is 6.92 Å². The third kappa shape index (κ3) is 1.62. The lowest BCUT2D eigenvalue weighted by atomic mass is 10.2. The Labute approximate surface area is 82.8 Å². The van der Waals surface area contributed by atoms with Gasteiger partial charge in [-0.05, 0) is 31.2 Å². The molecule has 2 aromatic heterocycles. The number of aromatic nitrogens is 1. The van der Waals surface area contributed by atoms with Gasteiger partial charge >= 0.3 is 0 Å². The zero-order valence-corrected chi connectivity index (χ0v) is 8.24. The number of hydrogen-bond acceptors (Lipinski definition) is 3. The zero-order chi connectivity index (χ0) is 9.97. The van der Waals surface area contributed by atoms with Crippen molar-refractivity contribution >= 4 is 5.82 Å². The van der Waals surface area contributed by atoms with Crippen LogP contribution in [-0.4, -0.2) is 12.0 Å². The first kappa shape index (κ1) is 8.81. The van der Waals surface area contributed by atoms with E-state index in [2.05, 4.69) is 10.3 Å². The third-order valence-corrected chi connectivity index (χ3v) is 2.02. The van der Waals surface area contributed by atoms with Crippen molar-refractivity contribution in [2.24, 2.45) is 0 Å². The molecule has 14 heavy (non-hydrogen) atoms. The molecular weight excluding hydrogens is 176 g/mol. The van der Waals surface area contributed by atoms with Crippen LogP contribution in [0.4, 0.5) is 5.82 Å². The normalized spacial score (nSPS) is 10.1. The van der Waals surface area contributed by atoms with E-state index in [1.807, 2.05) is 38.2 Å². The molecule has 0 aromatic carbocycles. The minimum atomic E-state index is 0.858. The van der Waals surface area contributed by atoms with Gasteiger partial charge in [-0.25, -0.2) is 4.98 Å². The highest BCUT2D eigenvalue weighted by atomic mass is 16.3. The Morgan fingerprint density at radius 2 is 2.21 bits per heavy atom. The Kier molecular flexibility index (Phi) is 2.23. The van der Waals surface area contributed by atoms with E-state index >= 15 is 0 Å². The quantitative estimate of drug-likeness (QED) is 0.787. The van der Waals surface area contributed by atoms with Gasteiger partial charge in [-0.3, -0.25) is 0 Å². The Hall–Kier alpha value is -1.77. The van der Waals surface area contributed by atoms with Gasteiger partial charge in [0.05, 0.1) is 6.26 Å². The van der Waals surface area contributed by atoms with Crippen LogP contribution >= 0.6 is 0 Å². The first-order chi connectivity index (χ1) is 6.79. The summed E-state index contributed by atoms with van der Waals surface area (Å²) in [4.78, 5) is 4.31. The van der Waals surface area contributed by atoms with Crippen molar-refractivity contribution in [3.63, 3.8) is 0 Å². The summed E-state index contributed by atoms with van der Waals surface area (Å²) in [6.45, 7) is 1.97. The number of nitrogens with one attached hydrogen (secondary N) is 1. The Morgan fingerprint density at radius 3 is 2.86 bits per heavy atom. The first-order valence-corrected chi connectivity index (χ1v) is 4.50. The van der Waals surface area contributed by atoms with E-state index in [9.17, 15) is 0 Å². The molecule has 0 radical (unpaired) electrons. The molecule has 0 aliphatic carbocycles. The SMILES string of the molecule is CNc1cc(-c2ccco2)cc(C)n1. The molecule has 1 N–H and O–H groups in total. The summed E-state index contributed by atoms with van der Waals surface area (Å²) in [5, 5.41) is 3.02. The van der Waals surface area contributed by atoms with E-state index in [1.54, 1.807) is 6.26 Å². The van der Waals surface area contributed by atoms with Crippen molar-refractivity contribution < 1.29 is 4.42 Å². The van der Waals surface area contributed by atoms with Crippen molar-refractivity contribution in [1.29, 1.82) is 0 Å². The fourth-order valence-corrected chi connectivity index (χ4v) is 1.38. The molecule has 0 amide bonds. The fourth-order valence-electron chi connectivity index (χ4n) is 1.38. The average molecular weight is 188 g/mol. The Balaban J connectivity index is 2.48. The molecule has 0 spiro atoms. The van der Waals surface area contributed by atoms with Crippen LogP contribution in [0.2, 0.25) is 0 Å². The van der Waals surface area contributed by atoms with Gasteiger partial charge in [-0.1, -0.05) is 0 Å². The molecule has 0 atom stereocenters. The summed E-state index contributed by atoms with van der Waals surface area (Å²) in [5.41, 5.74) is 2.02. The average Bonchev–Trinajstić information content (AvgIpc) is 2.69. The fraction of sp³-hybridized carbons (Fsp3) is 0.182. The van der Waals surface area contributed by atoms with Crippen LogP contribution in [0.15, 0.2) is 34.9 Å². The van der Waals surface area contributed by atoms with Crippen molar-refractivity contribution in [2.75, 3.05) is 12.4 Å². The standard InChI is InChI=1S/C11H12N2O/c1-8-6-9(7-11(12-2)13-8)10-4-3-5-14-10/h3-7H,1-2H3,(H,12,13). The Morgan fingerprint density at radius 1 is 1.36 bits per heavy atom. The Bertz CT molecular complexity index is 421. The molecule has 0 unspecified atom stereocenters. The molecule has 2 aromatic rings. The van der Waals surface area contributed by atoms with Crippen molar-refractivity contribution in [3.8, 4) is 11.3 Å². The van der Waals surface area contributed by atoms with Gasteiger partial charge in [0.15, 0.2) is 0 Å². The molecule has 2 heterocycles. The molecule has 3 nitrogen and oxygen atoms in total. The van der Waals surface area contributed by atoms with Crippen LogP contribution in [0.5, 0.6) is 0 Å². The molecule has 0 saturated carbocycles. The highest BCUT2D eigenvalue weighted by Gasteiger charge is 2.03. The summed E-state index contributed by atoms with van der Waals surface area (Å²) in [5.74, 6) is 1.73. The number of anilines is 1. The number of hydrogen-bond donors (Lipinski definition) is 1. The van der Waals surface area contributed by atoms with Gasteiger partial charge in [0.2, 0.25) is 0 Å². The minimum Gasteiger partial charge on any atom is -0.464 e. The molecule has 0 aliphatic heterocycles. The second-order valence-electron chi connectivity index (χ2n) is 3.11. The van der Waals surface area contributed by atoms with E-state index < -0.39 is 0 Å². The highest BCUT2D eigenvalue weighted by molar-refractivity contribution is 5.62. The van der Waals surface area contributed by atoms with Crippen LogP contribution < -0.4 is 5.32 Å². The maximum absolute atomic E-state index is 5.32. The van der Waals surface area contributed by atoms with Gasteiger partial charge < -0.3 is 9.73 Å². The van der Waals surface area contributed by atoms with E-state index in [0.29, 0.717) is 0 Å². The summed E-state index contributed by atoms with van der Waals surface area (Å²) in [6.07, 6.45) is 1.67. The molecule has 3 heteroatoms. The van der Waals surface area contributed by atoms with Gasteiger partial charge in [0.25, 0.3) is 0 Å². The number of pyridine rings is 1. The highest BCUT2D eigenvalue weighted by Crippen LogP contribution is 2.22. The number of nitrogens with zero attached hydrogens (tertiary/aromatic N) is 1. The predicted octanol–water partition coefficient (Wildman–Crippen LogP) is 2.69. The number of rotatable bonds is 2. The summed E-state index contributed by atoms with van der Waals surface area (Å²) in [7, 11) is 1.85. The predicted molar refractivity (Wildman–Crippen MR) is 56.2 cm³/mol. The topological polar surface area (TPSA) is 38.1 Å². The molecular formula is C11H12N2O. The minimum absolute atomic E-state index is 0.858. The number of aryl methyl sites for hydroxylation is 1. The van der Waals surface area contributed by atoms with Crippen molar-refractivity contribution in [1.82, 2.24) is 4.98 Å². The van der Waals surface area contributed by atoms with Gasteiger partial charge in [-0.2, -0.15) is 0 Å². The lowest BCUT2D eigenvalue weighted by Crippen LogP contribution is -1.94. The van der Waals surface area contributed by atoms with E-state index in [0.717, 1.165) is 22.8 Å². The monoisotopic (exact) mass is 188 g/mol. The second-order valence-corrected chi connectivity index (χ2v) is 3.11. The third-order valence-electron chi connectivity index (χ3n) is 2.02. The van der Waals surface area contributed by atoms with E-state index in [-0.39, 0.29) is 0 Å². The van der Waals surface area contributed by atoms with Crippen LogP contribution in [0.3, 0.4) is 0 Å². The van der Waals surface area contributed by atoms with E-state index in [4.69, 9.17) is 4.42 Å². The van der Waals surface area contributed by atoms with Crippen LogP contribution in [0, 0.1) is 6.92 Å². The maximum Gasteiger partial charge on any atom is 0.134 e. The summed E-state index contributed by atoms with van der Waals surface area (Å²) in [6, 6.07) is 7.78. The molecule has 72 valence electrons. The zero-order valence-electron chi connectivity index (χ0n) is 8.24. The van der Waals surface area contributed by atoms with Gasteiger partial charge in [-0.15, -0.1) is 0 Å². The lowest BCUT2D eigenvalue weighted by Gasteiger charge is -2.03. The van der Waals surface area contributed by atoms with E-state index in [1.165, 1.54) is 0 Å². The largest absolute Gasteiger partial charge is 0.464 e. The molecule has 0 bridgehead atoms. The molecule has 0 saturated heterocycles. The lowest BCUT2D eigenvalue weighted by molar-refractivity contribution is 0.582. The second kappa shape index (κ2) is 3.54. The molecule has 0 fully saturated rings. The van der Waals surface area contributed by atoms with Crippen LogP contribution in [-0.2, 0) is 0 Å². The first-order valence-electron chi connectivity index (χ1n) is 4.50. The summed E-state index contributed by atoms with van der Waals surface area (Å²) < 4.78 is 5.32. The molecule has 2 rings (SSSR count). The van der Waals surface area contributed by atoms with Crippen LogP contribution in [0.1, 0.15) is 5.69 Å².